The second-order valence-corrected chi connectivity index (χ2v) is 8.65. The Labute approximate surface area is 191 Å². The number of nitrogens with zero attached hydrogens (tertiary/aromatic N) is 4. The predicted molar refractivity (Wildman–Crippen MR) is 126 cm³/mol. The smallest absolute Gasteiger partial charge is 0.253 e. The van der Waals surface area contributed by atoms with Crippen LogP contribution in [-0.2, 0) is 16.1 Å². The number of amides is 2. The normalized spacial score (nSPS) is 17.5. The van der Waals surface area contributed by atoms with Gasteiger partial charge in [-0.2, -0.15) is 0 Å². The van der Waals surface area contributed by atoms with Crippen LogP contribution >= 0.6 is 11.8 Å². The number of benzene rings is 1. The van der Waals surface area contributed by atoms with E-state index in [1.54, 1.807) is 31.4 Å². The van der Waals surface area contributed by atoms with E-state index in [1.165, 1.54) is 11.8 Å². The Balaban J connectivity index is 1.60. The topological polar surface area (TPSA) is 77.9 Å². The van der Waals surface area contributed by atoms with Crippen LogP contribution in [0.5, 0.6) is 0 Å². The van der Waals surface area contributed by atoms with Crippen LogP contribution in [0.25, 0.3) is 0 Å². The van der Waals surface area contributed by atoms with E-state index >= 15 is 0 Å². The van der Waals surface area contributed by atoms with Gasteiger partial charge in [0.05, 0.1) is 23.7 Å². The Kier molecular flexibility index (Phi) is 6.41. The first-order chi connectivity index (χ1) is 15.5. The van der Waals surface area contributed by atoms with Gasteiger partial charge in [0, 0.05) is 38.7 Å². The second kappa shape index (κ2) is 9.40. The molecule has 0 aliphatic carbocycles. The van der Waals surface area contributed by atoms with Crippen molar-refractivity contribution in [1.82, 2.24) is 20.1 Å². The van der Waals surface area contributed by atoms with Gasteiger partial charge in [-0.25, -0.2) is 4.99 Å². The largest absolute Gasteiger partial charge is 0.352 e. The number of pyridine rings is 1. The van der Waals surface area contributed by atoms with Crippen LogP contribution in [0.2, 0.25) is 0 Å². The first-order valence-electron chi connectivity index (χ1n) is 10.3. The SMILES string of the molecule is CC1=C(C(=O)N(C)C)C(c2ccccc2)N2C(CC(=O)NCc3cccnc3)=CSC2=N1. The highest BCUT2D eigenvalue weighted by Crippen LogP contribution is 2.44. The maximum Gasteiger partial charge on any atom is 0.253 e. The van der Waals surface area contributed by atoms with Crippen LogP contribution in [0.15, 0.2) is 82.2 Å². The third-order valence-electron chi connectivity index (χ3n) is 5.31. The average molecular weight is 448 g/mol. The summed E-state index contributed by atoms with van der Waals surface area (Å²) in [6, 6.07) is 13.3. The molecule has 2 aromatic rings. The number of aromatic nitrogens is 1. The number of rotatable bonds is 6. The van der Waals surface area contributed by atoms with E-state index in [9.17, 15) is 9.59 Å². The summed E-state index contributed by atoms with van der Waals surface area (Å²) < 4.78 is 0. The lowest BCUT2D eigenvalue weighted by Gasteiger charge is -2.37. The summed E-state index contributed by atoms with van der Waals surface area (Å²) in [6.45, 7) is 2.29. The Morgan fingerprint density at radius 1 is 1.16 bits per heavy atom. The van der Waals surface area contributed by atoms with Gasteiger partial charge in [0.15, 0.2) is 5.17 Å². The summed E-state index contributed by atoms with van der Waals surface area (Å²) in [6.07, 6.45) is 3.63. The minimum Gasteiger partial charge on any atom is -0.352 e. The van der Waals surface area contributed by atoms with Gasteiger partial charge in [-0.1, -0.05) is 48.2 Å². The third kappa shape index (κ3) is 4.45. The molecule has 164 valence electrons. The molecule has 1 aromatic heterocycles. The van der Waals surface area contributed by atoms with Gasteiger partial charge in [-0.15, -0.1) is 0 Å². The predicted octanol–water partition coefficient (Wildman–Crippen LogP) is 3.45. The molecule has 0 radical (unpaired) electrons. The van der Waals surface area contributed by atoms with Crippen LogP contribution in [0, 0.1) is 0 Å². The van der Waals surface area contributed by atoms with Gasteiger partial charge < -0.3 is 15.1 Å². The summed E-state index contributed by atoms with van der Waals surface area (Å²) in [5.74, 6) is -0.183. The molecular formula is C24H25N5O2S. The number of nitrogens with one attached hydrogen (secondary N) is 1. The van der Waals surface area contributed by atoms with E-state index < -0.39 is 0 Å². The molecule has 0 saturated heterocycles. The van der Waals surface area contributed by atoms with Crippen LogP contribution in [0.3, 0.4) is 0 Å². The minimum absolute atomic E-state index is 0.0866. The molecule has 4 rings (SSSR count). The first kappa shape index (κ1) is 21.8. The van der Waals surface area contributed by atoms with Crippen molar-refractivity contribution in [3.63, 3.8) is 0 Å². The molecule has 2 aliphatic rings. The number of allylic oxidation sites excluding steroid dienone is 1. The van der Waals surface area contributed by atoms with E-state index in [0.717, 1.165) is 22.0 Å². The zero-order valence-corrected chi connectivity index (χ0v) is 19.1. The molecule has 1 unspecified atom stereocenters. The average Bonchev–Trinajstić information content (AvgIpc) is 3.19. The third-order valence-corrected chi connectivity index (χ3v) is 6.20. The van der Waals surface area contributed by atoms with Gasteiger partial charge in [0.1, 0.15) is 0 Å². The summed E-state index contributed by atoms with van der Waals surface area (Å²) in [7, 11) is 3.48. The number of aliphatic imine (C=N–C) groups is 1. The fraction of sp³-hybridized carbons (Fsp3) is 0.250. The van der Waals surface area contributed by atoms with Crippen LogP contribution in [-0.4, -0.2) is 45.9 Å². The van der Waals surface area contributed by atoms with E-state index in [1.807, 2.05) is 59.7 Å². The number of hydrogen-bond donors (Lipinski definition) is 1. The highest BCUT2D eigenvalue weighted by molar-refractivity contribution is 8.16. The molecular weight excluding hydrogens is 422 g/mol. The van der Waals surface area contributed by atoms with Gasteiger partial charge in [0.2, 0.25) is 5.91 Å². The summed E-state index contributed by atoms with van der Waals surface area (Å²) in [4.78, 5) is 38.2. The minimum atomic E-state index is -0.342. The fourth-order valence-electron chi connectivity index (χ4n) is 3.77. The Hall–Kier alpha value is -3.39. The van der Waals surface area contributed by atoms with Crippen molar-refractivity contribution in [3.8, 4) is 0 Å². The zero-order valence-electron chi connectivity index (χ0n) is 18.3. The maximum atomic E-state index is 13.1. The second-order valence-electron chi connectivity index (χ2n) is 7.82. The molecule has 32 heavy (non-hydrogen) atoms. The highest BCUT2D eigenvalue weighted by Gasteiger charge is 2.40. The lowest BCUT2D eigenvalue weighted by atomic mass is 9.93. The molecule has 1 atom stereocenters. The molecule has 2 amide bonds. The zero-order chi connectivity index (χ0) is 22.7. The number of hydrogen-bond acceptors (Lipinski definition) is 6. The van der Waals surface area contributed by atoms with E-state index in [-0.39, 0.29) is 24.3 Å². The molecule has 0 spiro atoms. The number of carbonyl (C=O) groups is 2. The lowest BCUT2D eigenvalue weighted by Crippen LogP contribution is -2.40. The molecule has 1 aromatic carbocycles. The van der Waals surface area contributed by atoms with Gasteiger partial charge in [-0.05, 0) is 29.5 Å². The molecule has 0 fully saturated rings. The number of fused-ring (bicyclic) bond motifs is 1. The van der Waals surface area contributed by atoms with Crippen LogP contribution in [0.4, 0.5) is 0 Å². The van der Waals surface area contributed by atoms with Crippen molar-refractivity contribution in [1.29, 1.82) is 0 Å². The molecule has 7 nitrogen and oxygen atoms in total. The van der Waals surface area contributed by atoms with Crippen LogP contribution < -0.4 is 5.32 Å². The summed E-state index contributed by atoms with van der Waals surface area (Å²) in [5.41, 5.74) is 4.06. The van der Waals surface area contributed by atoms with Crippen LogP contribution in [0.1, 0.15) is 30.5 Å². The van der Waals surface area contributed by atoms with E-state index in [0.29, 0.717) is 17.8 Å². The van der Waals surface area contributed by atoms with Crippen molar-refractivity contribution in [2.24, 2.45) is 4.99 Å². The standard InChI is InChI=1S/C24H25N5O2S/c1-16-21(23(31)28(2)3)22(18-9-5-4-6-10-18)29-19(15-32-24(29)27-16)12-20(30)26-14-17-8-7-11-25-13-17/h4-11,13,15,22H,12,14H2,1-3H3,(H,26,30). The van der Waals surface area contributed by atoms with Crippen molar-refractivity contribution in [3.05, 3.63) is 88.4 Å². The summed E-state index contributed by atoms with van der Waals surface area (Å²) >= 11 is 1.48. The number of thioether (sulfide) groups is 1. The van der Waals surface area contributed by atoms with E-state index in [2.05, 4.69) is 10.3 Å². The number of amidine groups is 1. The van der Waals surface area contributed by atoms with Crippen molar-refractivity contribution >= 4 is 28.7 Å². The molecule has 0 saturated carbocycles. The monoisotopic (exact) mass is 447 g/mol. The molecule has 0 bridgehead atoms. The molecule has 3 heterocycles. The van der Waals surface area contributed by atoms with Gasteiger partial charge in [-0.3, -0.25) is 14.6 Å². The maximum absolute atomic E-state index is 13.1. The summed E-state index contributed by atoms with van der Waals surface area (Å²) in [5, 5.41) is 5.69. The van der Waals surface area contributed by atoms with Gasteiger partial charge in [0.25, 0.3) is 5.91 Å². The molecule has 1 N–H and O–H groups in total. The van der Waals surface area contributed by atoms with Crippen molar-refractivity contribution < 1.29 is 9.59 Å². The molecule has 8 heteroatoms. The van der Waals surface area contributed by atoms with E-state index in [4.69, 9.17) is 4.99 Å². The fourth-order valence-corrected chi connectivity index (χ4v) is 4.73. The Bertz CT molecular complexity index is 1110. The highest BCUT2D eigenvalue weighted by atomic mass is 32.2. The Morgan fingerprint density at radius 3 is 2.62 bits per heavy atom. The number of carbonyl (C=O) groups excluding carboxylic acids is 2. The quantitative estimate of drug-likeness (QED) is 0.734. The van der Waals surface area contributed by atoms with Crippen molar-refractivity contribution in [2.75, 3.05) is 14.1 Å². The number of likely N-dealkylation sites (N-methyl/N-ethyl adjacent to an activating group) is 1. The van der Waals surface area contributed by atoms with Crippen molar-refractivity contribution in [2.45, 2.75) is 25.9 Å². The lowest BCUT2D eigenvalue weighted by molar-refractivity contribution is -0.125. The first-order valence-corrected chi connectivity index (χ1v) is 11.2. The molecule has 2 aliphatic heterocycles. The Morgan fingerprint density at radius 2 is 1.94 bits per heavy atom. The van der Waals surface area contributed by atoms with Gasteiger partial charge >= 0.3 is 0 Å².